The average molecular weight is 345 g/mol. The lowest BCUT2D eigenvalue weighted by Gasteiger charge is -2.36. The summed E-state index contributed by atoms with van der Waals surface area (Å²) in [7, 11) is 3.70. The van der Waals surface area contributed by atoms with Crippen molar-refractivity contribution in [1.82, 2.24) is 14.7 Å². The molecule has 0 aromatic heterocycles. The zero-order chi connectivity index (χ0) is 17.8. The highest BCUT2D eigenvalue weighted by Gasteiger charge is 2.45. The van der Waals surface area contributed by atoms with Gasteiger partial charge in [-0.15, -0.1) is 0 Å². The van der Waals surface area contributed by atoms with Crippen molar-refractivity contribution in [2.45, 2.75) is 12.5 Å². The molecular formula is C19H27N3O3. The first kappa shape index (κ1) is 17.9. The molecule has 0 aliphatic carbocycles. The largest absolute Gasteiger partial charge is 0.383 e. The number of rotatable bonds is 5. The van der Waals surface area contributed by atoms with E-state index in [1.54, 1.807) is 7.11 Å². The van der Waals surface area contributed by atoms with Crippen LogP contribution >= 0.6 is 0 Å². The van der Waals surface area contributed by atoms with Crippen LogP contribution < -0.4 is 0 Å². The molecule has 136 valence electrons. The molecule has 0 spiro atoms. The van der Waals surface area contributed by atoms with E-state index in [0.29, 0.717) is 13.2 Å². The van der Waals surface area contributed by atoms with Gasteiger partial charge in [-0.2, -0.15) is 0 Å². The zero-order valence-electron chi connectivity index (χ0n) is 15.1. The number of likely N-dealkylation sites (N-methyl/N-ethyl adjacent to an activating group) is 1. The van der Waals surface area contributed by atoms with Crippen LogP contribution in [-0.4, -0.2) is 80.0 Å². The van der Waals surface area contributed by atoms with Crippen LogP contribution in [0.3, 0.4) is 0 Å². The number of hydrogen-bond donors (Lipinski definition) is 0. The summed E-state index contributed by atoms with van der Waals surface area (Å²) in [4.78, 5) is 31.7. The van der Waals surface area contributed by atoms with Crippen molar-refractivity contribution < 1.29 is 14.3 Å². The number of benzene rings is 1. The van der Waals surface area contributed by atoms with Crippen LogP contribution in [0.4, 0.5) is 0 Å². The van der Waals surface area contributed by atoms with Crippen LogP contribution in [0, 0.1) is 5.92 Å². The quantitative estimate of drug-likeness (QED) is 0.799. The molecule has 2 saturated heterocycles. The normalized spacial score (nSPS) is 24.8. The number of carbonyl (C=O) groups excluding carboxylic acids is 2. The zero-order valence-corrected chi connectivity index (χ0v) is 15.1. The predicted octanol–water partition coefficient (Wildman–Crippen LogP) is 0.997. The second-order valence-corrected chi connectivity index (χ2v) is 6.87. The van der Waals surface area contributed by atoms with Crippen molar-refractivity contribution in [3.63, 3.8) is 0 Å². The van der Waals surface area contributed by atoms with Crippen LogP contribution in [0.1, 0.15) is 18.0 Å². The van der Waals surface area contributed by atoms with Crippen molar-refractivity contribution >= 4 is 11.8 Å². The minimum atomic E-state index is -0.310. The Morgan fingerprint density at radius 3 is 2.48 bits per heavy atom. The first-order valence-corrected chi connectivity index (χ1v) is 8.92. The SMILES string of the molecule is COCCN1C(=O)C[C@@H](C(=O)N2CCN(C)CC2)[C@@H]1c1ccccc1. The maximum absolute atomic E-state index is 13.2. The van der Waals surface area contributed by atoms with Gasteiger partial charge in [0.25, 0.3) is 0 Å². The molecule has 25 heavy (non-hydrogen) atoms. The number of ether oxygens (including phenoxy) is 1. The van der Waals surface area contributed by atoms with Gasteiger partial charge in [-0.05, 0) is 12.6 Å². The first-order valence-electron chi connectivity index (χ1n) is 8.92. The molecule has 2 aliphatic rings. The molecule has 6 nitrogen and oxygen atoms in total. The molecule has 2 atom stereocenters. The Kier molecular flexibility index (Phi) is 5.71. The predicted molar refractivity (Wildman–Crippen MR) is 95.0 cm³/mol. The molecule has 0 bridgehead atoms. The fourth-order valence-electron chi connectivity index (χ4n) is 3.79. The Balaban J connectivity index is 1.83. The Hall–Kier alpha value is -1.92. The van der Waals surface area contributed by atoms with E-state index in [1.807, 2.05) is 40.1 Å². The number of hydrogen-bond acceptors (Lipinski definition) is 4. The molecule has 2 heterocycles. The van der Waals surface area contributed by atoms with Crippen LogP contribution in [0.15, 0.2) is 30.3 Å². The Morgan fingerprint density at radius 1 is 1.16 bits per heavy atom. The van der Waals surface area contributed by atoms with Crippen molar-refractivity contribution in [3.8, 4) is 0 Å². The number of nitrogens with zero attached hydrogens (tertiary/aromatic N) is 3. The van der Waals surface area contributed by atoms with Crippen LogP contribution in [-0.2, 0) is 14.3 Å². The molecule has 1 aromatic rings. The van der Waals surface area contributed by atoms with Gasteiger partial charge >= 0.3 is 0 Å². The molecule has 0 radical (unpaired) electrons. The van der Waals surface area contributed by atoms with Gasteiger partial charge in [0.15, 0.2) is 0 Å². The lowest BCUT2D eigenvalue weighted by molar-refractivity contribution is -0.138. The molecule has 6 heteroatoms. The van der Waals surface area contributed by atoms with E-state index < -0.39 is 0 Å². The van der Waals surface area contributed by atoms with Gasteiger partial charge in [-0.3, -0.25) is 9.59 Å². The topological polar surface area (TPSA) is 53.1 Å². The second-order valence-electron chi connectivity index (χ2n) is 6.87. The van der Waals surface area contributed by atoms with Crippen molar-refractivity contribution in [3.05, 3.63) is 35.9 Å². The van der Waals surface area contributed by atoms with Crippen molar-refractivity contribution in [2.75, 3.05) is 53.5 Å². The summed E-state index contributed by atoms with van der Waals surface area (Å²) in [6.45, 7) is 4.23. The highest BCUT2D eigenvalue weighted by atomic mass is 16.5. The molecule has 2 fully saturated rings. The number of methoxy groups -OCH3 is 1. The molecule has 0 unspecified atom stereocenters. The van der Waals surface area contributed by atoms with E-state index >= 15 is 0 Å². The fourth-order valence-corrected chi connectivity index (χ4v) is 3.79. The van der Waals surface area contributed by atoms with Crippen LogP contribution in [0.2, 0.25) is 0 Å². The maximum atomic E-state index is 13.2. The molecule has 3 rings (SSSR count). The first-order chi connectivity index (χ1) is 12.1. The lowest BCUT2D eigenvalue weighted by atomic mass is 9.92. The summed E-state index contributed by atoms with van der Waals surface area (Å²) in [6.07, 6.45) is 0.286. The summed E-state index contributed by atoms with van der Waals surface area (Å²) in [5.41, 5.74) is 1.02. The van der Waals surface area contributed by atoms with Crippen LogP contribution in [0.25, 0.3) is 0 Å². The maximum Gasteiger partial charge on any atom is 0.228 e. The van der Waals surface area contributed by atoms with E-state index in [9.17, 15) is 9.59 Å². The van der Waals surface area contributed by atoms with Gasteiger partial charge in [0.1, 0.15) is 0 Å². The third kappa shape index (κ3) is 3.85. The molecular weight excluding hydrogens is 318 g/mol. The smallest absolute Gasteiger partial charge is 0.228 e. The summed E-state index contributed by atoms with van der Waals surface area (Å²) in [5.74, 6) is -0.163. The van der Waals surface area contributed by atoms with Crippen molar-refractivity contribution in [1.29, 1.82) is 0 Å². The lowest BCUT2D eigenvalue weighted by Crippen LogP contribution is -2.49. The van der Waals surface area contributed by atoms with E-state index in [-0.39, 0.29) is 30.2 Å². The fraction of sp³-hybridized carbons (Fsp3) is 0.579. The van der Waals surface area contributed by atoms with E-state index in [4.69, 9.17) is 4.74 Å². The Labute approximate surface area is 149 Å². The highest BCUT2D eigenvalue weighted by Crippen LogP contribution is 2.39. The second kappa shape index (κ2) is 7.97. The minimum absolute atomic E-state index is 0.0402. The Bertz CT molecular complexity index is 599. The number of carbonyl (C=O) groups is 2. The van der Waals surface area contributed by atoms with Gasteiger partial charge in [0.05, 0.1) is 18.6 Å². The van der Waals surface area contributed by atoms with Gasteiger partial charge < -0.3 is 19.4 Å². The van der Waals surface area contributed by atoms with E-state index in [0.717, 1.165) is 31.7 Å². The van der Waals surface area contributed by atoms with Gasteiger partial charge in [-0.1, -0.05) is 30.3 Å². The third-order valence-corrected chi connectivity index (χ3v) is 5.24. The molecule has 1 aromatic carbocycles. The van der Waals surface area contributed by atoms with Crippen molar-refractivity contribution in [2.24, 2.45) is 5.92 Å². The van der Waals surface area contributed by atoms with Gasteiger partial charge in [-0.25, -0.2) is 0 Å². The highest BCUT2D eigenvalue weighted by molar-refractivity contribution is 5.90. The van der Waals surface area contributed by atoms with E-state index in [1.165, 1.54) is 0 Å². The molecule has 0 N–H and O–H groups in total. The Morgan fingerprint density at radius 2 is 1.84 bits per heavy atom. The molecule has 0 saturated carbocycles. The monoisotopic (exact) mass is 345 g/mol. The van der Waals surface area contributed by atoms with E-state index in [2.05, 4.69) is 11.9 Å². The summed E-state index contributed by atoms with van der Waals surface area (Å²) in [6, 6.07) is 9.70. The number of likely N-dealkylation sites (tertiary alicyclic amines) is 1. The number of piperazine rings is 1. The molecule has 2 aliphatic heterocycles. The summed E-state index contributed by atoms with van der Waals surface area (Å²) in [5, 5.41) is 0. The standard InChI is InChI=1S/C19H27N3O3/c1-20-8-10-21(11-9-20)19(24)16-14-17(23)22(12-13-25-2)18(16)15-6-4-3-5-7-15/h3-7,16,18H,8-14H2,1-2H3/t16-,18+/m1/s1. The molecule has 2 amide bonds. The van der Waals surface area contributed by atoms with Gasteiger partial charge in [0.2, 0.25) is 11.8 Å². The average Bonchev–Trinajstić information content (AvgIpc) is 2.97. The summed E-state index contributed by atoms with van der Waals surface area (Å²) < 4.78 is 5.17. The summed E-state index contributed by atoms with van der Waals surface area (Å²) >= 11 is 0. The third-order valence-electron chi connectivity index (χ3n) is 5.24. The number of amides is 2. The van der Waals surface area contributed by atoms with Gasteiger partial charge in [0, 0.05) is 46.3 Å². The van der Waals surface area contributed by atoms with Crippen LogP contribution in [0.5, 0.6) is 0 Å². The minimum Gasteiger partial charge on any atom is -0.383 e.